The van der Waals surface area contributed by atoms with E-state index in [0.29, 0.717) is 12.1 Å². The van der Waals surface area contributed by atoms with Gasteiger partial charge in [0.2, 0.25) is 0 Å². The molecule has 18 heavy (non-hydrogen) atoms. The van der Waals surface area contributed by atoms with Gasteiger partial charge in [-0.1, -0.05) is 6.92 Å². The first-order valence-electron chi connectivity index (χ1n) is 6.65. The second-order valence-electron chi connectivity index (χ2n) is 4.84. The Hall–Kier alpha value is -1.00. The first-order valence-corrected chi connectivity index (χ1v) is 6.65. The standard InChI is InChI=1S/C14H21FN2O/c1-3-11(12-8-7-10(15)9-16-12)17-13-5-4-6-14(13)18-2/h7-9,11,13-14,17H,3-6H2,1-2H3. The lowest BCUT2D eigenvalue weighted by Gasteiger charge is -2.25. The summed E-state index contributed by atoms with van der Waals surface area (Å²) in [5.74, 6) is -0.288. The molecule has 3 atom stereocenters. The summed E-state index contributed by atoms with van der Waals surface area (Å²) in [6, 6.07) is 3.78. The van der Waals surface area contributed by atoms with E-state index in [-0.39, 0.29) is 11.9 Å². The Bertz CT molecular complexity index is 369. The third kappa shape index (κ3) is 3.06. The van der Waals surface area contributed by atoms with Crippen molar-refractivity contribution in [3.63, 3.8) is 0 Å². The van der Waals surface area contributed by atoms with E-state index in [9.17, 15) is 4.39 Å². The zero-order valence-electron chi connectivity index (χ0n) is 11.0. The van der Waals surface area contributed by atoms with Gasteiger partial charge in [0.05, 0.1) is 18.0 Å². The number of ether oxygens (including phenoxy) is 1. The van der Waals surface area contributed by atoms with Crippen LogP contribution in [-0.2, 0) is 4.74 Å². The van der Waals surface area contributed by atoms with Crippen LogP contribution >= 0.6 is 0 Å². The highest BCUT2D eigenvalue weighted by Crippen LogP contribution is 2.25. The molecule has 1 N–H and O–H groups in total. The summed E-state index contributed by atoms with van der Waals surface area (Å²) in [6.45, 7) is 2.11. The molecule has 0 aliphatic heterocycles. The third-order valence-corrected chi connectivity index (χ3v) is 3.69. The fourth-order valence-electron chi connectivity index (χ4n) is 2.66. The van der Waals surface area contributed by atoms with E-state index in [4.69, 9.17) is 4.74 Å². The molecule has 0 bridgehead atoms. The van der Waals surface area contributed by atoms with Gasteiger partial charge in [-0.15, -0.1) is 0 Å². The number of pyridine rings is 1. The second kappa shape index (κ2) is 6.25. The van der Waals surface area contributed by atoms with Crippen molar-refractivity contribution in [1.82, 2.24) is 10.3 Å². The Kier molecular flexibility index (Phi) is 4.66. The van der Waals surface area contributed by atoms with Gasteiger partial charge in [-0.3, -0.25) is 4.98 Å². The highest BCUT2D eigenvalue weighted by Gasteiger charge is 2.29. The lowest BCUT2D eigenvalue weighted by atomic mass is 10.1. The van der Waals surface area contributed by atoms with Gasteiger partial charge in [-0.2, -0.15) is 0 Å². The average molecular weight is 252 g/mol. The summed E-state index contributed by atoms with van der Waals surface area (Å²) in [7, 11) is 1.77. The van der Waals surface area contributed by atoms with E-state index in [0.717, 1.165) is 25.0 Å². The van der Waals surface area contributed by atoms with Crippen LogP contribution in [0.1, 0.15) is 44.3 Å². The van der Waals surface area contributed by atoms with Crippen LogP contribution in [0, 0.1) is 5.82 Å². The van der Waals surface area contributed by atoms with Crippen LogP contribution in [0.3, 0.4) is 0 Å². The van der Waals surface area contributed by atoms with Crippen LogP contribution in [0.4, 0.5) is 4.39 Å². The molecule has 1 aliphatic rings. The van der Waals surface area contributed by atoms with Crippen molar-refractivity contribution < 1.29 is 9.13 Å². The van der Waals surface area contributed by atoms with E-state index in [2.05, 4.69) is 17.2 Å². The van der Waals surface area contributed by atoms with Gasteiger partial charge in [0.15, 0.2) is 0 Å². The first kappa shape index (κ1) is 13.4. The SMILES string of the molecule is CCC(NC1CCCC1OC)c1ccc(F)cn1. The molecule has 1 aliphatic carbocycles. The van der Waals surface area contributed by atoms with Crippen molar-refractivity contribution in [2.24, 2.45) is 0 Å². The minimum atomic E-state index is -0.288. The number of hydrogen-bond acceptors (Lipinski definition) is 3. The molecule has 0 spiro atoms. The van der Waals surface area contributed by atoms with Crippen molar-refractivity contribution >= 4 is 0 Å². The molecule has 0 aromatic carbocycles. The van der Waals surface area contributed by atoms with Gasteiger partial charge in [-0.25, -0.2) is 4.39 Å². The molecule has 0 saturated heterocycles. The second-order valence-corrected chi connectivity index (χ2v) is 4.84. The number of hydrogen-bond donors (Lipinski definition) is 1. The zero-order valence-corrected chi connectivity index (χ0v) is 11.0. The molecule has 3 nitrogen and oxygen atoms in total. The predicted octanol–water partition coefficient (Wildman–Crippen LogP) is 2.83. The maximum atomic E-state index is 12.9. The summed E-state index contributed by atoms with van der Waals surface area (Å²) in [4.78, 5) is 4.16. The summed E-state index contributed by atoms with van der Waals surface area (Å²) in [5, 5.41) is 3.59. The molecule has 1 saturated carbocycles. The third-order valence-electron chi connectivity index (χ3n) is 3.69. The van der Waals surface area contributed by atoms with E-state index in [1.54, 1.807) is 13.2 Å². The molecule has 0 radical (unpaired) electrons. The zero-order chi connectivity index (χ0) is 13.0. The summed E-state index contributed by atoms with van der Waals surface area (Å²) < 4.78 is 18.4. The fraction of sp³-hybridized carbons (Fsp3) is 0.643. The molecule has 100 valence electrons. The topological polar surface area (TPSA) is 34.1 Å². The van der Waals surface area contributed by atoms with Crippen LogP contribution < -0.4 is 5.32 Å². The van der Waals surface area contributed by atoms with Crippen molar-refractivity contribution in [3.05, 3.63) is 29.8 Å². The number of rotatable bonds is 5. The maximum Gasteiger partial charge on any atom is 0.141 e. The smallest absolute Gasteiger partial charge is 0.141 e. The minimum Gasteiger partial charge on any atom is -0.380 e. The fourth-order valence-corrected chi connectivity index (χ4v) is 2.66. The summed E-state index contributed by atoms with van der Waals surface area (Å²) >= 11 is 0. The quantitative estimate of drug-likeness (QED) is 0.875. The van der Waals surface area contributed by atoms with Gasteiger partial charge in [-0.05, 0) is 37.8 Å². The van der Waals surface area contributed by atoms with Crippen LogP contribution in [0.2, 0.25) is 0 Å². The van der Waals surface area contributed by atoms with Gasteiger partial charge >= 0.3 is 0 Å². The number of aromatic nitrogens is 1. The van der Waals surface area contributed by atoms with Crippen LogP contribution in [0.15, 0.2) is 18.3 Å². The Labute approximate surface area is 108 Å². The van der Waals surface area contributed by atoms with E-state index in [1.165, 1.54) is 18.7 Å². The molecule has 1 aromatic heterocycles. The van der Waals surface area contributed by atoms with Gasteiger partial charge in [0.1, 0.15) is 5.82 Å². The van der Waals surface area contributed by atoms with E-state index >= 15 is 0 Å². The highest BCUT2D eigenvalue weighted by molar-refractivity contribution is 5.10. The van der Waals surface area contributed by atoms with Crippen LogP contribution in [-0.4, -0.2) is 24.2 Å². The summed E-state index contributed by atoms with van der Waals surface area (Å²) in [5.41, 5.74) is 0.903. The molecule has 0 amide bonds. The van der Waals surface area contributed by atoms with E-state index in [1.807, 2.05) is 0 Å². The Balaban J connectivity index is 2.02. The largest absolute Gasteiger partial charge is 0.380 e. The van der Waals surface area contributed by atoms with Gasteiger partial charge < -0.3 is 10.1 Å². The minimum absolute atomic E-state index is 0.173. The molecule has 2 rings (SSSR count). The van der Waals surface area contributed by atoms with Crippen LogP contribution in [0.25, 0.3) is 0 Å². The Morgan fingerprint density at radius 3 is 2.94 bits per heavy atom. The Morgan fingerprint density at radius 1 is 1.50 bits per heavy atom. The van der Waals surface area contributed by atoms with Crippen molar-refractivity contribution in [2.45, 2.75) is 50.8 Å². The van der Waals surface area contributed by atoms with E-state index < -0.39 is 0 Å². The molecule has 4 heteroatoms. The summed E-state index contributed by atoms with van der Waals surface area (Å²) in [6.07, 6.45) is 5.95. The normalized spacial score (nSPS) is 25.3. The highest BCUT2D eigenvalue weighted by atomic mass is 19.1. The van der Waals surface area contributed by atoms with Crippen molar-refractivity contribution in [1.29, 1.82) is 0 Å². The molecule has 3 unspecified atom stereocenters. The van der Waals surface area contributed by atoms with Gasteiger partial charge in [0.25, 0.3) is 0 Å². The number of halogens is 1. The number of methoxy groups -OCH3 is 1. The van der Waals surface area contributed by atoms with Crippen molar-refractivity contribution in [3.8, 4) is 0 Å². The lowest BCUT2D eigenvalue weighted by molar-refractivity contribution is 0.0808. The predicted molar refractivity (Wildman–Crippen MR) is 68.8 cm³/mol. The number of nitrogens with one attached hydrogen (secondary N) is 1. The molecular weight excluding hydrogens is 231 g/mol. The lowest BCUT2D eigenvalue weighted by Crippen LogP contribution is -2.39. The average Bonchev–Trinajstić information content (AvgIpc) is 2.84. The van der Waals surface area contributed by atoms with Crippen LogP contribution in [0.5, 0.6) is 0 Å². The monoisotopic (exact) mass is 252 g/mol. The van der Waals surface area contributed by atoms with Gasteiger partial charge in [0, 0.05) is 19.2 Å². The maximum absolute atomic E-state index is 12.9. The molecule has 1 fully saturated rings. The first-order chi connectivity index (χ1) is 8.74. The number of nitrogens with zero attached hydrogens (tertiary/aromatic N) is 1. The van der Waals surface area contributed by atoms with Crippen molar-refractivity contribution in [2.75, 3.05) is 7.11 Å². The molecule has 1 heterocycles. The Morgan fingerprint density at radius 2 is 2.33 bits per heavy atom. The molecular formula is C14H21FN2O. The molecule has 1 aromatic rings.